The van der Waals surface area contributed by atoms with Gasteiger partial charge in [0.1, 0.15) is 18.1 Å². The van der Waals surface area contributed by atoms with Crippen molar-refractivity contribution in [2.45, 2.75) is 20.5 Å². The Morgan fingerprint density at radius 3 is 2.32 bits per heavy atom. The predicted molar refractivity (Wildman–Crippen MR) is 77.7 cm³/mol. The van der Waals surface area contributed by atoms with Gasteiger partial charge in [0.2, 0.25) is 0 Å². The zero-order valence-electron chi connectivity index (χ0n) is 11.6. The van der Waals surface area contributed by atoms with E-state index in [1.165, 1.54) is 11.1 Å². The van der Waals surface area contributed by atoms with Crippen molar-refractivity contribution in [1.82, 2.24) is 0 Å². The maximum absolute atomic E-state index is 5.82. The van der Waals surface area contributed by atoms with Crippen LogP contribution in [-0.2, 0) is 6.61 Å². The summed E-state index contributed by atoms with van der Waals surface area (Å²) in [4.78, 5) is 0. The van der Waals surface area contributed by atoms with Crippen LogP contribution in [0.15, 0.2) is 36.4 Å². The lowest BCUT2D eigenvalue weighted by Gasteiger charge is -2.12. The molecule has 0 bridgehead atoms. The molecule has 0 heterocycles. The van der Waals surface area contributed by atoms with Gasteiger partial charge in [-0.1, -0.05) is 6.07 Å². The van der Waals surface area contributed by atoms with Crippen LogP contribution in [0.25, 0.3) is 0 Å². The molecule has 2 rings (SSSR count). The second-order valence-electron chi connectivity index (χ2n) is 4.68. The van der Waals surface area contributed by atoms with Crippen molar-refractivity contribution in [3.63, 3.8) is 0 Å². The Hall–Kier alpha value is -2.16. The predicted octanol–water partition coefficient (Wildman–Crippen LogP) is 3.47. The third-order valence-electron chi connectivity index (χ3n) is 2.89. The summed E-state index contributed by atoms with van der Waals surface area (Å²) in [6, 6.07) is 11.7. The lowest BCUT2D eigenvalue weighted by Crippen LogP contribution is -2.00. The molecule has 19 heavy (non-hydrogen) atoms. The molecule has 0 aliphatic rings. The summed E-state index contributed by atoms with van der Waals surface area (Å²) in [6.45, 7) is 4.55. The van der Waals surface area contributed by atoms with Gasteiger partial charge in [-0.05, 0) is 55.3 Å². The normalized spacial score (nSPS) is 10.3. The molecule has 3 heteroatoms. The highest BCUT2D eigenvalue weighted by atomic mass is 16.5. The van der Waals surface area contributed by atoms with Crippen molar-refractivity contribution < 1.29 is 9.47 Å². The van der Waals surface area contributed by atoms with Crippen LogP contribution < -0.4 is 15.2 Å². The smallest absolute Gasteiger partial charge is 0.125 e. The monoisotopic (exact) mass is 257 g/mol. The first-order valence-electron chi connectivity index (χ1n) is 6.22. The minimum absolute atomic E-state index is 0.442. The molecule has 0 spiro atoms. The number of hydrogen-bond acceptors (Lipinski definition) is 3. The highest BCUT2D eigenvalue weighted by molar-refractivity contribution is 5.47. The second kappa shape index (κ2) is 5.65. The molecule has 2 N–H and O–H groups in total. The average molecular weight is 257 g/mol. The molecular weight excluding hydrogens is 238 g/mol. The van der Waals surface area contributed by atoms with Gasteiger partial charge in [-0.15, -0.1) is 0 Å². The summed E-state index contributed by atoms with van der Waals surface area (Å²) >= 11 is 0. The van der Waals surface area contributed by atoms with E-state index in [4.69, 9.17) is 15.2 Å². The van der Waals surface area contributed by atoms with Gasteiger partial charge in [-0.2, -0.15) is 0 Å². The Bertz CT molecular complexity index is 559. The minimum atomic E-state index is 0.442. The van der Waals surface area contributed by atoms with Crippen LogP contribution in [0.5, 0.6) is 11.5 Å². The number of ether oxygens (including phenoxy) is 2. The number of aryl methyl sites for hydroxylation is 2. The quantitative estimate of drug-likeness (QED) is 0.853. The fraction of sp³-hybridized carbons (Fsp3) is 0.250. The molecular formula is C16H19NO2. The zero-order chi connectivity index (χ0) is 13.8. The first-order chi connectivity index (χ1) is 9.08. The highest BCUT2D eigenvalue weighted by Gasteiger charge is 2.05. The van der Waals surface area contributed by atoms with E-state index < -0.39 is 0 Å². The van der Waals surface area contributed by atoms with Crippen molar-refractivity contribution in [3.8, 4) is 11.5 Å². The lowest BCUT2D eigenvalue weighted by atomic mass is 10.1. The van der Waals surface area contributed by atoms with Crippen molar-refractivity contribution in [3.05, 3.63) is 53.1 Å². The van der Waals surface area contributed by atoms with E-state index in [0.717, 1.165) is 17.1 Å². The van der Waals surface area contributed by atoms with Crippen LogP contribution in [0, 0.1) is 13.8 Å². The van der Waals surface area contributed by atoms with Crippen LogP contribution in [-0.4, -0.2) is 7.11 Å². The van der Waals surface area contributed by atoms with Gasteiger partial charge in [-0.25, -0.2) is 0 Å². The maximum Gasteiger partial charge on any atom is 0.125 e. The van der Waals surface area contributed by atoms with Crippen molar-refractivity contribution in [1.29, 1.82) is 0 Å². The molecule has 2 aromatic carbocycles. The summed E-state index contributed by atoms with van der Waals surface area (Å²) in [5.74, 6) is 1.65. The molecule has 0 atom stereocenters. The molecule has 0 aliphatic heterocycles. The molecule has 0 aliphatic carbocycles. The highest BCUT2D eigenvalue weighted by Crippen LogP contribution is 2.24. The van der Waals surface area contributed by atoms with Crippen LogP contribution >= 0.6 is 0 Å². The molecule has 0 fully saturated rings. The number of benzene rings is 2. The van der Waals surface area contributed by atoms with Gasteiger partial charge < -0.3 is 15.2 Å². The zero-order valence-corrected chi connectivity index (χ0v) is 11.6. The number of nitrogens with two attached hydrogens (primary N) is 1. The molecule has 0 amide bonds. The van der Waals surface area contributed by atoms with E-state index >= 15 is 0 Å². The molecule has 0 saturated heterocycles. The fourth-order valence-electron chi connectivity index (χ4n) is 2.09. The van der Waals surface area contributed by atoms with Crippen LogP contribution in [0.4, 0.5) is 5.69 Å². The Morgan fingerprint density at radius 1 is 1.00 bits per heavy atom. The van der Waals surface area contributed by atoms with Gasteiger partial charge in [0.15, 0.2) is 0 Å². The van der Waals surface area contributed by atoms with Crippen molar-refractivity contribution in [2.24, 2.45) is 0 Å². The topological polar surface area (TPSA) is 44.5 Å². The molecule has 3 nitrogen and oxygen atoms in total. The Kier molecular flexibility index (Phi) is 3.95. The number of rotatable bonds is 4. The van der Waals surface area contributed by atoms with Gasteiger partial charge in [-0.3, -0.25) is 0 Å². The van der Waals surface area contributed by atoms with Gasteiger partial charge >= 0.3 is 0 Å². The van der Waals surface area contributed by atoms with Crippen molar-refractivity contribution >= 4 is 5.69 Å². The minimum Gasteiger partial charge on any atom is -0.496 e. The standard InChI is InChI=1S/C16H19NO2/c1-11-6-12(2)8-15(7-11)19-10-13-9-14(17)4-5-16(13)18-3/h4-9H,10,17H2,1-3H3. The van der Waals surface area contributed by atoms with Crippen LogP contribution in [0.2, 0.25) is 0 Å². The average Bonchev–Trinajstić information content (AvgIpc) is 2.35. The third kappa shape index (κ3) is 3.41. The summed E-state index contributed by atoms with van der Waals surface area (Å²) in [7, 11) is 1.64. The first kappa shape index (κ1) is 13.3. The Balaban J connectivity index is 2.16. The summed E-state index contributed by atoms with van der Waals surface area (Å²) in [5.41, 5.74) is 9.82. The fourth-order valence-corrected chi connectivity index (χ4v) is 2.09. The molecule has 0 radical (unpaired) electrons. The largest absolute Gasteiger partial charge is 0.496 e. The molecule has 0 aromatic heterocycles. The van der Waals surface area contributed by atoms with Gasteiger partial charge in [0.05, 0.1) is 7.11 Å². The van der Waals surface area contributed by atoms with Crippen molar-refractivity contribution in [2.75, 3.05) is 12.8 Å². The molecule has 0 saturated carbocycles. The van der Waals surface area contributed by atoms with E-state index in [0.29, 0.717) is 12.3 Å². The van der Waals surface area contributed by atoms with E-state index in [1.54, 1.807) is 7.11 Å². The van der Waals surface area contributed by atoms with Gasteiger partial charge in [0.25, 0.3) is 0 Å². The van der Waals surface area contributed by atoms with E-state index in [2.05, 4.69) is 19.9 Å². The van der Waals surface area contributed by atoms with Crippen LogP contribution in [0.1, 0.15) is 16.7 Å². The van der Waals surface area contributed by atoms with E-state index in [1.807, 2.05) is 30.3 Å². The Labute approximate surface area is 114 Å². The molecule has 100 valence electrons. The second-order valence-corrected chi connectivity index (χ2v) is 4.68. The number of methoxy groups -OCH3 is 1. The number of nitrogen functional groups attached to an aromatic ring is 1. The summed E-state index contributed by atoms with van der Waals surface area (Å²) < 4.78 is 11.1. The Morgan fingerprint density at radius 2 is 1.68 bits per heavy atom. The SMILES string of the molecule is COc1ccc(N)cc1COc1cc(C)cc(C)c1. The van der Waals surface area contributed by atoms with E-state index in [9.17, 15) is 0 Å². The first-order valence-corrected chi connectivity index (χ1v) is 6.22. The lowest BCUT2D eigenvalue weighted by molar-refractivity contribution is 0.296. The maximum atomic E-state index is 5.82. The molecule has 0 unspecified atom stereocenters. The molecule has 2 aromatic rings. The summed E-state index contributed by atoms with van der Waals surface area (Å²) in [5, 5.41) is 0. The van der Waals surface area contributed by atoms with E-state index in [-0.39, 0.29) is 0 Å². The number of anilines is 1. The number of hydrogen-bond donors (Lipinski definition) is 1. The van der Waals surface area contributed by atoms with Crippen LogP contribution in [0.3, 0.4) is 0 Å². The summed E-state index contributed by atoms with van der Waals surface area (Å²) in [6.07, 6.45) is 0. The third-order valence-corrected chi connectivity index (χ3v) is 2.89. The van der Waals surface area contributed by atoms with Gasteiger partial charge in [0, 0.05) is 11.3 Å².